The number of aromatic nitrogens is 3. The number of rotatable bonds is 3. The maximum atomic E-state index is 11.6. The summed E-state index contributed by atoms with van der Waals surface area (Å²) in [7, 11) is 0. The average Bonchev–Trinajstić information content (AvgIpc) is 2.79. The van der Waals surface area contributed by atoms with E-state index in [0.717, 1.165) is 4.47 Å². The summed E-state index contributed by atoms with van der Waals surface area (Å²) >= 11 is 3.30. The first kappa shape index (κ1) is 11.8. The maximum Gasteiger partial charge on any atom is 0.357 e. The lowest BCUT2D eigenvalue weighted by molar-refractivity contribution is 0.0517. The predicted octanol–water partition coefficient (Wildman–Crippen LogP) is 2.21. The largest absolute Gasteiger partial charge is 0.461 e. The Morgan fingerprint density at radius 2 is 2.29 bits per heavy atom. The molecule has 0 fully saturated rings. The highest BCUT2D eigenvalue weighted by Gasteiger charge is 2.14. The number of carbonyl (C=O) groups is 1. The van der Waals surface area contributed by atoms with E-state index in [9.17, 15) is 4.79 Å². The minimum atomic E-state index is -0.408. The summed E-state index contributed by atoms with van der Waals surface area (Å²) in [4.78, 5) is 19.8. The Labute approximate surface area is 107 Å². The first-order valence-electron chi connectivity index (χ1n) is 5.03. The van der Waals surface area contributed by atoms with Gasteiger partial charge in [0.1, 0.15) is 12.1 Å². The summed E-state index contributed by atoms with van der Waals surface area (Å²) in [5.41, 5.74) is 0.363. The number of nitrogens with zero attached hydrogens (tertiary/aromatic N) is 3. The van der Waals surface area contributed by atoms with Crippen molar-refractivity contribution in [3.63, 3.8) is 0 Å². The van der Waals surface area contributed by atoms with Gasteiger partial charge in [-0.15, -0.1) is 0 Å². The summed E-state index contributed by atoms with van der Waals surface area (Å²) in [5, 5.41) is 0. The van der Waals surface area contributed by atoms with Crippen molar-refractivity contribution in [2.24, 2.45) is 0 Å². The van der Waals surface area contributed by atoms with Crippen LogP contribution in [0.3, 0.4) is 0 Å². The number of pyridine rings is 1. The predicted molar refractivity (Wildman–Crippen MR) is 65.0 cm³/mol. The lowest BCUT2D eigenvalue weighted by atomic mass is 10.4. The molecule has 0 spiro atoms. The first-order chi connectivity index (χ1) is 8.22. The molecule has 0 aliphatic heterocycles. The second-order valence-electron chi connectivity index (χ2n) is 3.20. The molecule has 2 rings (SSSR count). The SMILES string of the molecule is CCOC(=O)c1cncn1-c1ccc(Br)cn1. The van der Waals surface area contributed by atoms with E-state index >= 15 is 0 Å². The minimum absolute atomic E-state index is 0.331. The third kappa shape index (κ3) is 2.52. The van der Waals surface area contributed by atoms with E-state index in [4.69, 9.17) is 4.74 Å². The van der Waals surface area contributed by atoms with Crippen LogP contribution >= 0.6 is 15.9 Å². The fourth-order valence-corrected chi connectivity index (χ4v) is 1.58. The Kier molecular flexibility index (Phi) is 3.53. The molecule has 0 amide bonds. The van der Waals surface area contributed by atoms with Gasteiger partial charge >= 0.3 is 5.97 Å². The van der Waals surface area contributed by atoms with Gasteiger partial charge in [-0.3, -0.25) is 4.57 Å². The molecule has 0 bridgehead atoms. The van der Waals surface area contributed by atoms with E-state index in [1.807, 2.05) is 6.07 Å². The summed E-state index contributed by atoms with van der Waals surface area (Å²) in [6.45, 7) is 2.09. The van der Waals surface area contributed by atoms with E-state index < -0.39 is 5.97 Å². The van der Waals surface area contributed by atoms with Gasteiger partial charge in [0, 0.05) is 10.7 Å². The number of carbonyl (C=O) groups excluding carboxylic acids is 1. The van der Waals surface area contributed by atoms with Gasteiger partial charge in [-0.05, 0) is 35.0 Å². The van der Waals surface area contributed by atoms with Crippen molar-refractivity contribution in [3.05, 3.63) is 41.0 Å². The van der Waals surface area contributed by atoms with E-state index in [-0.39, 0.29) is 0 Å². The Hall–Kier alpha value is -1.69. The smallest absolute Gasteiger partial charge is 0.357 e. The Bertz CT molecular complexity index is 522. The number of esters is 1. The van der Waals surface area contributed by atoms with Gasteiger partial charge in [-0.25, -0.2) is 14.8 Å². The zero-order chi connectivity index (χ0) is 12.3. The number of hydrogen-bond donors (Lipinski definition) is 0. The van der Waals surface area contributed by atoms with Crippen LogP contribution in [0.5, 0.6) is 0 Å². The van der Waals surface area contributed by atoms with Gasteiger partial charge in [0.25, 0.3) is 0 Å². The molecular weight excluding hydrogens is 286 g/mol. The van der Waals surface area contributed by atoms with Crippen molar-refractivity contribution < 1.29 is 9.53 Å². The van der Waals surface area contributed by atoms with Gasteiger partial charge in [0.2, 0.25) is 0 Å². The van der Waals surface area contributed by atoms with E-state index in [1.54, 1.807) is 23.8 Å². The van der Waals surface area contributed by atoms with Crippen molar-refractivity contribution in [1.29, 1.82) is 0 Å². The molecule has 17 heavy (non-hydrogen) atoms. The van der Waals surface area contributed by atoms with Crippen molar-refractivity contribution in [3.8, 4) is 5.82 Å². The third-order valence-corrected chi connectivity index (χ3v) is 2.55. The van der Waals surface area contributed by atoms with E-state index in [0.29, 0.717) is 18.1 Å². The molecule has 2 aromatic rings. The second-order valence-corrected chi connectivity index (χ2v) is 4.12. The molecule has 0 N–H and O–H groups in total. The molecular formula is C11H10BrN3O2. The molecule has 0 saturated carbocycles. The number of ether oxygens (including phenoxy) is 1. The lowest BCUT2D eigenvalue weighted by Gasteiger charge is -2.06. The maximum absolute atomic E-state index is 11.6. The molecule has 6 heteroatoms. The van der Waals surface area contributed by atoms with Crippen LogP contribution in [0.25, 0.3) is 5.82 Å². The highest BCUT2D eigenvalue weighted by Crippen LogP contribution is 2.13. The summed E-state index contributed by atoms with van der Waals surface area (Å²) in [6.07, 6.45) is 4.65. The van der Waals surface area contributed by atoms with Crippen LogP contribution in [0, 0.1) is 0 Å². The van der Waals surface area contributed by atoms with Crippen LogP contribution in [-0.4, -0.2) is 27.1 Å². The zero-order valence-electron chi connectivity index (χ0n) is 9.13. The topological polar surface area (TPSA) is 57.0 Å². The Morgan fingerprint density at radius 1 is 1.47 bits per heavy atom. The van der Waals surface area contributed by atoms with Crippen molar-refractivity contribution in [2.45, 2.75) is 6.92 Å². The van der Waals surface area contributed by atoms with Gasteiger partial charge in [0.15, 0.2) is 5.69 Å². The lowest BCUT2D eigenvalue weighted by Crippen LogP contribution is -2.11. The van der Waals surface area contributed by atoms with Gasteiger partial charge < -0.3 is 4.74 Å². The number of hydrogen-bond acceptors (Lipinski definition) is 4. The highest BCUT2D eigenvalue weighted by atomic mass is 79.9. The molecule has 2 aromatic heterocycles. The van der Waals surface area contributed by atoms with Crippen LogP contribution in [0.2, 0.25) is 0 Å². The Morgan fingerprint density at radius 3 is 2.94 bits per heavy atom. The summed E-state index contributed by atoms with van der Waals surface area (Å²) in [5.74, 6) is 0.212. The van der Waals surface area contributed by atoms with E-state index in [1.165, 1.54) is 12.5 Å². The molecule has 0 aromatic carbocycles. The monoisotopic (exact) mass is 295 g/mol. The number of halogens is 1. The van der Waals surface area contributed by atoms with E-state index in [2.05, 4.69) is 25.9 Å². The zero-order valence-corrected chi connectivity index (χ0v) is 10.7. The average molecular weight is 296 g/mol. The highest BCUT2D eigenvalue weighted by molar-refractivity contribution is 9.10. The molecule has 2 heterocycles. The van der Waals surface area contributed by atoms with Crippen LogP contribution in [0.1, 0.15) is 17.4 Å². The fourth-order valence-electron chi connectivity index (χ4n) is 1.34. The molecule has 0 aliphatic carbocycles. The van der Waals surface area contributed by atoms with Crippen molar-refractivity contribution >= 4 is 21.9 Å². The number of imidazole rings is 1. The van der Waals surface area contributed by atoms with Crippen LogP contribution in [-0.2, 0) is 4.74 Å². The molecule has 0 saturated heterocycles. The molecule has 5 nitrogen and oxygen atoms in total. The van der Waals surface area contributed by atoms with Gasteiger partial charge in [0.05, 0.1) is 12.8 Å². The molecule has 0 atom stereocenters. The van der Waals surface area contributed by atoms with Crippen molar-refractivity contribution in [1.82, 2.24) is 14.5 Å². The first-order valence-corrected chi connectivity index (χ1v) is 5.83. The standard InChI is InChI=1S/C11H10BrN3O2/c1-2-17-11(16)9-6-13-7-15(9)10-4-3-8(12)5-14-10/h3-7H,2H2,1H3. The van der Waals surface area contributed by atoms with Crippen LogP contribution < -0.4 is 0 Å². The Balaban J connectivity index is 2.36. The van der Waals surface area contributed by atoms with Crippen molar-refractivity contribution in [2.75, 3.05) is 6.61 Å². The molecule has 0 radical (unpaired) electrons. The normalized spacial score (nSPS) is 10.2. The molecule has 88 valence electrons. The van der Waals surface area contributed by atoms with Gasteiger partial charge in [-0.2, -0.15) is 0 Å². The second kappa shape index (κ2) is 5.09. The summed E-state index contributed by atoms with van der Waals surface area (Å²) < 4.78 is 7.40. The quantitative estimate of drug-likeness (QED) is 0.815. The summed E-state index contributed by atoms with van der Waals surface area (Å²) in [6, 6.07) is 3.63. The molecule has 0 aliphatic rings. The van der Waals surface area contributed by atoms with Crippen LogP contribution in [0.15, 0.2) is 35.3 Å². The molecule has 0 unspecified atom stereocenters. The fraction of sp³-hybridized carbons (Fsp3) is 0.182. The minimum Gasteiger partial charge on any atom is -0.461 e. The van der Waals surface area contributed by atoms with Crippen LogP contribution in [0.4, 0.5) is 0 Å². The third-order valence-electron chi connectivity index (χ3n) is 2.08. The van der Waals surface area contributed by atoms with Gasteiger partial charge in [-0.1, -0.05) is 0 Å².